The molecule has 2 aliphatic rings. The third-order valence-electron chi connectivity index (χ3n) is 5.07. The van der Waals surface area contributed by atoms with Gasteiger partial charge >= 0.3 is 0 Å². The second kappa shape index (κ2) is 7.85. The van der Waals surface area contributed by atoms with Gasteiger partial charge in [0.25, 0.3) is 11.8 Å². The van der Waals surface area contributed by atoms with Gasteiger partial charge in [-0.3, -0.25) is 9.59 Å². The maximum atomic E-state index is 13.0. The summed E-state index contributed by atoms with van der Waals surface area (Å²) in [5, 5.41) is 8.92. The number of nitrogens with zero attached hydrogens (tertiary/aromatic N) is 2. The first-order chi connectivity index (χ1) is 13.6. The molecule has 2 atom stereocenters. The van der Waals surface area contributed by atoms with Crippen LogP contribution in [-0.4, -0.2) is 55.8 Å². The molecule has 2 aromatic rings. The van der Waals surface area contributed by atoms with Crippen LogP contribution < -0.4 is 15.0 Å². The molecule has 1 unspecified atom stereocenters. The maximum Gasteiger partial charge on any atom is 0.298 e. The minimum absolute atomic E-state index is 0.0273. The first-order valence-corrected chi connectivity index (χ1v) is 9.31. The van der Waals surface area contributed by atoms with E-state index < -0.39 is 0 Å². The van der Waals surface area contributed by atoms with Gasteiger partial charge in [-0.05, 0) is 42.0 Å². The molecule has 8 heteroatoms. The third kappa shape index (κ3) is 3.77. The summed E-state index contributed by atoms with van der Waals surface area (Å²) >= 11 is 0. The highest BCUT2D eigenvalue weighted by Crippen LogP contribution is 2.33. The molecule has 0 aliphatic carbocycles. The van der Waals surface area contributed by atoms with Crippen LogP contribution in [0, 0.1) is 0 Å². The Hall–Kier alpha value is -3.13. The zero-order valence-corrected chi connectivity index (χ0v) is 15.7. The van der Waals surface area contributed by atoms with Crippen LogP contribution in [0.25, 0.3) is 0 Å². The summed E-state index contributed by atoms with van der Waals surface area (Å²) in [6.45, 7) is 1.85. The van der Waals surface area contributed by atoms with E-state index in [2.05, 4.69) is 10.4 Å². The van der Waals surface area contributed by atoms with Crippen LogP contribution in [0.2, 0.25) is 0 Å². The Bertz CT molecular complexity index is 876. The average Bonchev–Trinajstić information content (AvgIpc) is 3.38. The van der Waals surface area contributed by atoms with E-state index in [0.717, 1.165) is 28.5 Å². The molecule has 1 aromatic heterocycles. The van der Waals surface area contributed by atoms with Crippen molar-refractivity contribution in [2.75, 3.05) is 33.3 Å². The normalized spacial score (nSPS) is 22.0. The molecule has 0 radical (unpaired) electrons. The van der Waals surface area contributed by atoms with Gasteiger partial charge in [-0.2, -0.15) is 5.10 Å². The van der Waals surface area contributed by atoms with E-state index in [1.165, 1.54) is 5.01 Å². The number of benzene rings is 1. The topological polar surface area (TPSA) is 88.6 Å². The van der Waals surface area contributed by atoms with Crippen LogP contribution in [0.5, 0.6) is 5.75 Å². The van der Waals surface area contributed by atoms with Gasteiger partial charge < -0.3 is 19.4 Å². The molecule has 0 spiro atoms. The fourth-order valence-electron chi connectivity index (χ4n) is 3.60. The van der Waals surface area contributed by atoms with Gasteiger partial charge in [0.2, 0.25) is 0 Å². The van der Waals surface area contributed by atoms with Gasteiger partial charge in [-0.1, -0.05) is 0 Å². The standard InChI is InChI=1S/C20H22N4O4/c1-27-15-6-4-14(5-7-15)16-11-17(18-3-2-10-28-18)24(22-16)20(26)13-23-9-8-21-19(25)12-23/h2-7,10,17H,8-9,11-13H2,1H3,(H,21,25)/p+1/t17-/m1/s1. The number of piperazine rings is 1. The van der Waals surface area contributed by atoms with Crippen LogP contribution in [0.3, 0.4) is 0 Å². The predicted molar refractivity (Wildman–Crippen MR) is 101 cm³/mol. The summed E-state index contributed by atoms with van der Waals surface area (Å²) in [5.74, 6) is 1.33. The summed E-state index contributed by atoms with van der Waals surface area (Å²) in [6, 6.07) is 11.0. The number of rotatable bonds is 5. The molecule has 2 N–H and O–H groups in total. The number of nitrogens with one attached hydrogen (secondary N) is 2. The fraction of sp³-hybridized carbons (Fsp3) is 0.350. The van der Waals surface area contributed by atoms with Crippen molar-refractivity contribution in [1.29, 1.82) is 0 Å². The Morgan fingerprint density at radius 2 is 2.18 bits per heavy atom. The molecule has 146 valence electrons. The molecule has 0 bridgehead atoms. The van der Waals surface area contributed by atoms with Crippen LogP contribution in [0.1, 0.15) is 23.8 Å². The van der Waals surface area contributed by atoms with Crippen molar-refractivity contribution in [2.24, 2.45) is 5.10 Å². The lowest BCUT2D eigenvalue weighted by Gasteiger charge is -2.26. The number of hydrogen-bond acceptors (Lipinski definition) is 5. The number of hydrazone groups is 1. The second-order valence-electron chi connectivity index (χ2n) is 6.95. The van der Waals surface area contributed by atoms with Gasteiger partial charge in [-0.15, -0.1) is 0 Å². The van der Waals surface area contributed by atoms with E-state index >= 15 is 0 Å². The Labute approximate surface area is 162 Å². The Morgan fingerprint density at radius 1 is 1.36 bits per heavy atom. The van der Waals surface area contributed by atoms with E-state index in [1.807, 2.05) is 36.4 Å². The number of methoxy groups -OCH3 is 1. The number of carbonyl (C=O) groups excluding carboxylic acids is 2. The molecule has 0 saturated carbocycles. The van der Waals surface area contributed by atoms with Gasteiger partial charge in [0, 0.05) is 6.42 Å². The summed E-state index contributed by atoms with van der Waals surface area (Å²) in [6.07, 6.45) is 2.17. The van der Waals surface area contributed by atoms with Crippen molar-refractivity contribution in [3.8, 4) is 5.75 Å². The molecule has 1 aromatic carbocycles. The van der Waals surface area contributed by atoms with E-state index in [1.54, 1.807) is 13.4 Å². The van der Waals surface area contributed by atoms with Crippen LogP contribution >= 0.6 is 0 Å². The van der Waals surface area contributed by atoms with E-state index in [0.29, 0.717) is 25.3 Å². The number of hydrogen-bond donors (Lipinski definition) is 2. The van der Waals surface area contributed by atoms with E-state index in [4.69, 9.17) is 9.15 Å². The predicted octanol–water partition coefficient (Wildman–Crippen LogP) is -0.0194. The quantitative estimate of drug-likeness (QED) is 0.760. The zero-order chi connectivity index (χ0) is 19.5. The fourth-order valence-corrected chi connectivity index (χ4v) is 3.60. The zero-order valence-electron chi connectivity index (χ0n) is 15.7. The molecule has 28 heavy (non-hydrogen) atoms. The highest BCUT2D eigenvalue weighted by Gasteiger charge is 2.36. The van der Waals surface area contributed by atoms with E-state index in [-0.39, 0.29) is 24.4 Å². The van der Waals surface area contributed by atoms with Crippen LogP contribution in [-0.2, 0) is 9.59 Å². The second-order valence-corrected chi connectivity index (χ2v) is 6.95. The SMILES string of the molecule is COc1ccc(C2=NN(C(=O)C[NH+]3CCNC(=O)C3)[C@@H](c3ccco3)C2)cc1. The van der Waals surface area contributed by atoms with Crippen molar-refractivity contribution in [1.82, 2.24) is 10.3 Å². The Morgan fingerprint density at radius 3 is 2.86 bits per heavy atom. The molecule has 1 saturated heterocycles. The number of quaternary nitrogens is 1. The maximum absolute atomic E-state index is 13.0. The lowest BCUT2D eigenvalue weighted by Crippen LogP contribution is -3.16. The molecular weight excluding hydrogens is 360 g/mol. The number of furan rings is 1. The summed E-state index contributed by atoms with van der Waals surface area (Å²) in [7, 11) is 1.62. The largest absolute Gasteiger partial charge is 0.497 e. The third-order valence-corrected chi connectivity index (χ3v) is 5.07. The van der Waals surface area contributed by atoms with Crippen molar-refractivity contribution >= 4 is 17.5 Å². The summed E-state index contributed by atoms with van der Waals surface area (Å²) in [5.41, 5.74) is 1.76. The van der Waals surface area contributed by atoms with Gasteiger partial charge in [0.15, 0.2) is 13.1 Å². The Balaban J connectivity index is 1.56. The monoisotopic (exact) mass is 383 g/mol. The van der Waals surface area contributed by atoms with Gasteiger partial charge in [0.1, 0.15) is 17.6 Å². The van der Waals surface area contributed by atoms with Crippen molar-refractivity contribution in [3.05, 3.63) is 54.0 Å². The molecule has 2 aliphatic heterocycles. The number of carbonyl (C=O) groups is 2. The smallest absolute Gasteiger partial charge is 0.298 e. The lowest BCUT2D eigenvalue weighted by atomic mass is 10.0. The first kappa shape index (κ1) is 18.2. The van der Waals surface area contributed by atoms with Crippen molar-refractivity contribution < 1.29 is 23.6 Å². The highest BCUT2D eigenvalue weighted by atomic mass is 16.5. The molecule has 4 rings (SSSR count). The number of ether oxygens (including phenoxy) is 1. The van der Waals surface area contributed by atoms with Crippen molar-refractivity contribution in [2.45, 2.75) is 12.5 Å². The molecule has 1 fully saturated rings. The summed E-state index contributed by atoms with van der Waals surface area (Å²) in [4.78, 5) is 25.6. The van der Waals surface area contributed by atoms with Crippen LogP contribution in [0.4, 0.5) is 0 Å². The first-order valence-electron chi connectivity index (χ1n) is 9.31. The molecular formula is C20H23N4O4+. The van der Waals surface area contributed by atoms with Gasteiger partial charge in [0.05, 0.1) is 32.2 Å². The number of amides is 2. The minimum atomic E-state index is -0.280. The average molecular weight is 383 g/mol. The molecule has 8 nitrogen and oxygen atoms in total. The molecule has 3 heterocycles. The highest BCUT2D eigenvalue weighted by molar-refractivity contribution is 6.03. The Kier molecular flexibility index (Phi) is 5.12. The van der Waals surface area contributed by atoms with Crippen LogP contribution in [0.15, 0.2) is 52.2 Å². The van der Waals surface area contributed by atoms with Gasteiger partial charge in [-0.25, -0.2) is 5.01 Å². The summed E-state index contributed by atoms with van der Waals surface area (Å²) < 4.78 is 10.8. The molecule has 2 amide bonds. The van der Waals surface area contributed by atoms with Crippen molar-refractivity contribution in [3.63, 3.8) is 0 Å². The lowest BCUT2D eigenvalue weighted by molar-refractivity contribution is -0.885. The van der Waals surface area contributed by atoms with E-state index in [9.17, 15) is 9.59 Å². The minimum Gasteiger partial charge on any atom is -0.497 e.